The number of H-pyrrole nitrogens is 1. The van der Waals surface area contributed by atoms with Crippen molar-refractivity contribution in [3.8, 4) is 5.75 Å². The number of fused-ring (bicyclic) bond motifs is 1. The van der Waals surface area contributed by atoms with Crippen molar-refractivity contribution in [1.82, 2.24) is 20.6 Å². The van der Waals surface area contributed by atoms with Crippen molar-refractivity contribution in [1.29, 1.82) is 0 Å². The SMILES string of the molecule is O=C(NCC1CCCNC1)c1ccc(O)c2[nH]c(C3CCCC3)nc12. The molecule has 134 valence electrons. The molecule has 4 N–H and O–H groups in total. The maximum Gasteiger partial charge on any atom is 0.253 e. The number of aromatic nitrogens is 2. The van der Waals surface area contributed by atoms with E-state index in [0.29, 0.717) is 35.0 Å². The molecule has 2 heterocycles. The van der Waals surface area contributed by atoms with Gasteiger partial charge in [-0.05, 0) is 56.8 Å². The van der Waals surface area contributed by atoms with Crippen molar-refractivity contribution in [2.24, 2.45) is 5.92 Å². The van der Waals surface area contributed by atoms with Crippen LogP contribution < -0.4 is 10.6 Å². The van der Waals surface area contributed by atoms with Gasteiger partial charge >= 0.3 is 0 Å². The number of phenolic OH excluding ortho intramolecular Hbond substituents is 1. The van der Waals surface area contributed by atoms with Gasteiger partial charge in [0.15, 0.2) is 0 Å². The average Bonchev–Trinajstić information content (AvgIpc) is 3.30. The summed E-state index contributed by atoms with van der Waals surface area (Å²) in [5, 5.41) is 16.6. The van der Waals surface area contributed by atoms with E-state index in [-0.39, 0.29) is 11.7 Å². The number of carbonyl (C=O) groups is 1. The fraction of sp³-hybridized carbons (Fsp3) is 0.579. The first-order chi connectivity index (χ1) is 12.2. The van der Waals surface area contributed by atoms with E-state index < -0.39 is 0 Å². The Morgan fingerprint density at radius 2 is 2.08 bits per heavy atom. The normalized spacial score (nSPS) is 21.7. The number of nitrogens with one attached hydrogen (secondary N) is 3. The molecule has 2 fully saturated rings. The van der Waals surface area contributed by atoms with Gasteiger partial charge in [-0.25, -0.2) is 4.98 Å². The molecule has 4 rings (SSSR count). The zero-order valence-corrected chi connectivity index (χ0v) is 14.5. The number of imidazole rings is 1. The van der Waals surface area contributed by atoms with Crippen LogP contribution in [0.3, 0.4) is 0 Å². The number of carbonyl (C=O) groups excluding carboxylic acids is 1. The second-order valence-corrected chi connectivity index (χ2v) is 7.38. The fourth-order valence-electron chi connectivity index (χ4n) is 4.10. The number of hydrogen-bond donors (Lipinski definition) is 4. The predicted molar refractivity (Wildman–Crippen MR) is 96.9 cm³/mol. The maximum absolute atomic E-state index is 12.7. The van der Waals surface area contributed by atoms with Gasteiger partial charge in [0.1, 0.15) is 22.6 Å². The Kier molecular flexibility index (Phi) is 4.61. The lowest BCUT2D eigenvalue weighted by Gasteiger charge is -2.22. The summed E-state index contributed by atoms with van der Waals surface area (Å²) in [4.78, 5) is 20.6. The summed E-state index contributed by atoms with van der Waals surface area (Å²) in [6, 6.07) is 3.25. The van der Waals surface area contributed by atoms with Crippen LogP contribution in [0.4, 0.5) is 0 Å². The van der Waals surface area contributed by atoms with Gasteiger partial charge in [-0.2, -0.15) is 0 Å². The van der Waals surface area contributed by atoms with Gasteiger partial charge in [0.25, 0.3) is 5.91 Å². The topological polar surface area (TPSA) is 90.0 Å². The van der Waals surface area contributed by atoms with Gasteiger partial charge in [-0.15, -0.1) is 0 Å². The zero-order chi connectivity index (χ0) is 17.2. The minimum absolute atomic E-state index is 0.111. The Hall–Kier alpha value is -2.08. The summed E-state index contributed by atoms with van der Waals surface area (Å²) >= 11 is 0. The number of piperidine rings is 1. The summed E-state index contributed by atoms with van der Waals surface area (Å²) in [7, 11) is 0. The third-order valence-corrected chi connectivity index (χ3v) is 5.58. The van der Waals surface area contributed by atoms with Crippen molar-refractivity contribution < 1.29 is 9.90 Å². The molecule has 1 amide bonds. The molecule has 0 spiro atoms. The van der Waals surface area contributed by atoms with Gasteiger partial charge in [0.2, 0.25) is 0 Å². The molecule has 1 aliphatic carbocycles. The lowest BCUT2D eigenvalue weighted by molar-refractivity contribution is 0.0946. The summed E-state index contributed by atoms with van der Waals surface area (Å²) in [6.45, 7) is 2.70. The number of phenols is 1. The first-order valence-corrected chi connectivity index (χ1v) is 9.43. The van der Waals surface area contributed by atoms with E-state index in [2.05, 4.69) is 20.6 Å². The summed E-state index contributed by atoms with van der Waals surface area (Å²) in [5.74, 6) is 1.84. The summed E-state index contributed by atoms with van der Waals surface area (Å²) in [6.07, 6.45) is 6.99. The molecule has 6 heteroatoms. The van der Waals surface area contributed by atoms with Gasteiger partial charge in [-0.1, -0.05) is 12.8 Å². The first kappa shape index (κ1) is 16.4. The first-order valence-electron chi connectivity index (χ1n) is 9.43. The Balaban J connectivity index is 1.55. The highest BCUT2D eigenvalue weighted by atomic mass is 16.3. The molecule has 2 aromatic rings. The van der Waals surface area contributed by atoms with Crippen LogP contribution in [0.15, 0.2) is 12.1 Å². The molecule has 1 saturated heterocycles. The molecule has 1 aromatic carbocycles. The van der Waals surface area contributed by atoms with Gasteiger partial charge in [-0.3, -0.25) is 4.79 Å². The molecular formula is C19H26N4O2. The van der Waals surface area contributed by atoms with Crippen LogP contribution in [-0.2, 0) is 0 Å². The molecule has 1 saturated carbocycles. The molecule has 1 aliphatic heterocycles. The van der Waals surface area contributed by atoms with Crippen LogP contribution in [0.25, 0.3) is 11.0 Å². The maximum atomic E-state index is 12.7. The van der Waals surface area contributed by atoms with Crippen molar-refractivity contribution >= 4 is 16.9 Å². The monoisotopic (exact) mass is 342 g/mol. The fourth-order valence-corrected chi connectivity index (χ4v) is 4.10. The number of hydrogen-bond acceptors (Lipinski definition) is 4. The average molecular weight is 342 g/mol. The molecule has 1 aromatic heterocycles. The second-order valence-electron chi connectivity index (χ2n) is 7.38. The third-order valence-electron chi connectivity index (χ3n) is 5.58. The number of rotatable bonds is 4. The lowest BCUT2D eigenvalue weighted by Crippen LogP contribution is -2.38. The zero-order valence-electron chi connectivity index (χ0n) is 14.5. The van der Waals surface area contributed by atoms with Crippen molar-refractivity contribution in [2.75, 3.05) is 19.6 Å². The van der Waals surface area contributed by atoms with Gasteiger partial charge in [0.05, 0.1) is 5.56 Å². The molecule has 0 bridgehead atoms. The van der Waals surface area contributed by atoms with E-state index in [1.165, 1.54) is 12.8 Å². The molecule has 6 nitrogen and oxygen atoms in total. The minimum Gasteiger partial charge on any atom is -0.506 e. The third kappa shape index (κ3) is 3.35. The molecule has 1 unspecified atom stereocenters. The van der Waals surface area contributed by atoms with Crippen LogP contribution in [0, 0.1) is 5.92 Å². The smallest absolute Gasteiger partial charge is 0.253 e. The van der Waals surface area contributed by atoms with E-state index >= 15 is 0 Å². The Morgan fingerprint density at radius 1 is 1.24 bits per heavy atom. The molecule has 25 heavy (non-hydrogen) atoms. The second kappa shape index (κ2) is 7.04. The van der Waals surface area contributed by atoms with Gasteiger partial charge in [0, 0.05) is 12.5 Å². The number of nitrogens with zero attached hydrogens (tertiary/aromatic N) is 1. The summed E-state index contributed by atoms with van der Waals surface area (Å²) < 4.78 is 0. The van der Waals surface area contributed by atoms with Crippen molar-refractivity contribution in [2.45, 2.75) is 44.4 Å². The van der Waals surface area contributed by atoms with Gasteiger partial charge < -0.3 is 20.7 Å². The Labute approximate surface area is 147 Å². The van der Waals surface area contributed by atoms with Crippen LogP contribution in [0.1, 0.15) is 60.6 Å². The molecule has 2 aliphatic rings. The van der Waals surface area contributed by atoms with Crippen LogP contribution >= 0.6 is 0 Å². The van der Waals surface area contributed by atoms with E-state index in [0.717, 1.165) is 44.6 Å². The predicted octanol–water partition coefficient (Wildman–Crippen LogP) is 2.66. The Morgan fingerprint density at radius 3 is 2.84 bits per heavy atom. The number of amides is 1. The Bertz CT molecular complexity index is 758. The van der Waals surface area contributed by atoms with E-state index in [9.17, 15) is 9.90 Å². The van der Waals surface area contributed by atoms with Crippen LogP contribution in [0.5, 0.6) is 5.75 Å². The number of benzene rings is 1. The van der Waals surface area contributed by atoms with E-state index in [4.69, 9.17) is 0 Å². The minimum atomic E-state index is -0.111. The number of aromatic amines is 1. The van der Waals surface area contributed by atoms with Crippen LogP contribution in [0.2, 0.25) is 0 Å². The van der Waals surface area contributed by atoms with Crippen LogP contribution in [-0.4, -0.2) is 40.6 Å². The highest BCUT2D eigenvalue weighted by Crippen LogP contribution is 2.35. The molecular weight excluding hydrogens is 316 g/mol. The largest absolute Gasteiger partial charge is 0.506 e. The lowest BCUT2D eigenvalue weighted by atomic mass is 9.99. The quantitative estimate of drug-likeness (QED) is 0.688. The molecule has 0 radical (unpaired) electrons. The highest BCUT2D eigenvalue weighted by Gasteiger charge is 2.23. The standard InChI is InChI=1S/C19H26N4O2/c24-15-8-7-14(19(25)21-11-12-4-3-9-20-10-12)16-17(15)23-18(22-16)13-5-1-2-6-13/h7-8,12-13,20,24H,1-6,9-11H2,(H,21,25)(H,22,23). The van der Waals surface area contributed by atoms with Crippen molar-refractivity contribution in [3.63, 3.8) is 0 Å². The van der Waals surface area contributed by atoms with E-state index in [1.54, 1.807) is 12.1 Å². The highest BCUT2D eigenvalue weighted by molar-refractivity contribution is 6.06. The van der Waals surface area contributed by atoms with Crippen molar-refractivity contribution in [3.05, 3.63) is 23.5 Å². The van der Waals surface area contributed by atoms with E-state index in [1.807, 2.05) is 0 Å². The molecule has 1 atom stereocenters. The number of aromatic hydroxyl groups is 1. The summed E-state index contributed by atoms with van der Waals surface area (Å²) in [5.41, 5.74) is 1.70.